The largest absolute Gasteiger partial charge is 0.418 e. The molecule has 0 saturated heterocycles. The average Bonchev–Trinajstić information content (AvgIpc) is 2.61. The fraction of sp³-hybridized carbons (Fsp3) is 0.188. The van der Waals surface area contributed by atoms with Gasteiger partial charge in [-0.2, -0.15) is 18.3 Å². The monoisotopic (exact) mass is 399 g/mol. The Morgan fingerprint density at radius 2 is 2.00 bits per heavy atom. The third kappa shape index (κ3) is 5.74. The minimum Gasteiger partial charge on any atom is -0.324 e. The summed E-state index contributed by atoms with van der Waals surface area (Å²) in [5.41, 5.74) is 0.756. The van der Waals surface area contributed by atoms with Crippen molar-refractivity contribution in [2.24, 2.45) is 5.10 Å². The number of benzene rings is 1. The van der Waals surface area contributed by atoms with E-state index < -0.39 is 29.2 Å². The molecular weight excluding hydrogens is 387 g/mol. The fourth-order valence-corrected chi connectivity index (χ4v) is 2.18. The third-order valence-electron chi connectivity index (χ3n) is 3.14. The Morgan fingerprint density at radius 1 is 1.26 bits per heavy atom. The second-order valence-electron chi connectivity index (χ2n) is 5.26. The van der Waals surface area contributed by atoms with Crippen LogP contribution in [0.2, 0.25) is 5.02 Å². The van der Waals surface area contributed by atoms with Crippen LogP contribution in [0, 0.1) is 0 Å². The molecule has 1 aromatic heterocycles. The van der Waals surface area contributed by atoms with Crippen LogP contribution in [0.5, 0.6) is 0 Å². The van der Waals surface area contributed by atoms with Gasteiger partial charge in [0.05, 0.1) is 28.9 Å². The lowest BCUT2D eigenvalue weighted by Gasteiger charge is -2.15. The molecule has 0 bridgehead atoms. The summed E-state index contributed by atoms with van der Waals surface area (Å²) in [6, 6.07) is 3.17. The van der Waals surface area contributed by atoms with E-state index in [1.54, 1.807) is 0 Å². The number of halogens is 4. The van der Waals surface area contributed by atoms with E-state index in [4.69, 9.17) is 11.6 Å². The Hall–Kier alpha value is -3.01. The van der Waals surface area contributed by atoms with Crippen LogP contribution < -0.4 is 10.7 Å². The summed E-state index contributed by atoms with van der Waals surface area (Å²) in [4.78, 5) is 31.3. The summed E-state index contributed by atoms with van der Waals surface area (Å²) < 4.78 is 39.1. The maximum absolute atomic E-state index is 13.0. The maximum Gasteiger partial charge on any atom is 0.418 e. The SMILES string of the molecule is C/C(CC(=O)Nc1c(Cl)cccc1C(F)(F)F)=N/NC(=O)c1cnccn1. The topological polar surface area (TPSA) is 96.3 Å². The van der Waals surface area contributed by atoms with E-state index in [2.05, 4.69) is 25.8 Å². The van der Waals surface area contributed by atoms with Crippen LogP contribution in [0.15, 0.2) is 41.9 Å². The highest BCUT2D eigenvalue weighted by atomic mass is 35.5. The second kappa shape index (κ2) is 8.58. The first-order valence-corrected chi connectivity index (χ1v) is 7.81. The normalized spacial score (nSPS) is 11.8. The highest BCUT2D eigenvalue weighted by molar-refractivity contribution is 6.34. The Bertz CT molecular complexity index is 872. The van der Waals surface area contributed by atoms with Crippen molar-refractivity contribution in [3.05, 3.63) is 53.1 Å². The summed E-state index contributed by atoms with van der Waals surface area (Å²) in [5.74, 6) is -1.42. The Balaban J connectivity index is 2.03. The van der Waals surface area contributed by atoms with Crippen molar-refractivity contribution >= 4 is 34.8 Å². The first-order valence-electron chi connectivity index (χ1n) is 7.43. The van der Waals surface area contributed by atoms with E-state index in [0.717, 1.165) is 12.1 Å². The van der Waals surface area contributed by atoms with Crippen LogP contribution in [0.1, 0.15) is 29.4 Å². The molecule has 1 aromatic carbocycles. The molecule has 0 spiro atoms. The van der Waals surface area contributed by atoms with Crippen LogP contribution in [-0.4, -0.2) is 27.5 Å². The molecule has 0 aliphatic carbocycles. The molecule has 2 amide bonds. The zero-order chi connectivity index (χ0) is 20.0. The van der Waals surface area contributed by atoms with Crippen molar-refractivity contribution in [1.29, 1.82) is 0 Å². The number of amides is 2. The number of nitrogens with zero attached hydrogens (tertiary/aromatic N) is 3. The zero-order valence-corrected chi connectivity index (χ0v) is 14.6. The van der Waals surface area contributed by atoms with Crippen LogP contribution >= 0.6 is 11.6 Å². The van der Waals surface area contributed by atoms with Gasteiger partial charge in [-0.25, -0.2) is 10.4 Å². The predicted octanol–water partition coefficient (Wildman–Crippen LogP) is 3.28. The quantitative estimate of drug-likeness (QED) is 0.595. The van der Waals surface area contributed by atoms with Gasteiger partial charge >= 0.3 is 6.18 Å². The molecule has 0 aliphatic heterocycles. The lowest BCUT2D eigenvalue weighted by atomic mass is 10.1. The molecule has 27 heavy (non-hydrogen) atoms. The molecule has 2 aromatic rings. The van der Waals surface area contributed by atoms with Crippen molar-refractivity contribution in [1.82, 2.24) is 15.4 Å². The number of aromatic nitrogens is 2. The lowest BCUT2D eigenvalue weighted by molar-refractivity contribution is -0.137. The summed E-state index contributed by atoms with van der Waals surface area (Å²) in [7, 11) is 0. The highest BCUT2D eigenvalue weighted by Crippen LogP contribution is 2.38. The average molecular weight is 400 g/mol. The molecule has 142 valence electrons. The molecule has 0 fully saturated rings. The van der Waals surface area contributed by atoms with Crippen molar-refractivity contribution in [2.45, 2.75) is 19.5 Å². The summed E-state index contributed by atoms with van der Waals surface area (Å²) in [6.45, 7) is 1.42. The Morgan fingerprint density at radius 3 is 2.63 bits per heavy atom. The van der Waals surface area contributed by atoms with Crippen molar-refractivity contribution < 1.29 is 22.8 Å². The number of rotatable bonds is 5. The molecule has 0 aliphatic rings. The molecule has 0 radical (unpaired) electrons. The first-order chi connectivity index (χ1) is 12.7. The minimum atomic E-state index is -4.68. The third-order valence-corrected chi connectivity index (χ3v) is 3.46. The molecular formula is C16H13ClF3N5O2. The number of alkyl halides is 3. The van der Waals surface area contributed by atoms with Gasteiger partial charge in [0, 0.05) is 18.1 Å². The van der Waals surface area contributed by atoms with E-state index in [-0.39, 0.29) is 22.8 Å². The van der Waals surface area contributed by atoms with Crippen molar-refractivity contribution in [2.75, 3.05) is 5.32 Å². The number of anilines is 1. The van der Waals surface area contributed by atoms with E-state index in [0.29, 0.717) is 0 Å². The fourth-order valence-electron chi connectivity index (χ4n) is 1.96. The summed E-state index contributed by atoms with van der Waals surface area (Å²) >= 11 is 5.77. The minimum absolute atomic E-state index is 0.0180. The van der Waals surface area contributed by atoms with E-state index in [1.165, 1.54) is 31.6 Å². The van der Waals surface area contributed by atoms with Gasteiger partial charge in [0.25, 0.3) is 5.91 Å². The van der Waals surface area contributed by atoms with E-state index >= 15 is 0 Å². The van der Waals surface area contributed by atoms with Crippen LogP contribution in [0.3, 0.4) is 0 Å². The van der Waals surface area contributed by atoms with Gasteiger partial charge in [0.1, 0.15) is 5.69 Å². The molecule has 0 saturated carbocycles. The van der Waals surface area contributed by atoms with Crippen LogP contribution in [0.25, 0.3) is 0 Å². The van der Waals surface area contributed by atoms with Crippen LogP contribution in [0.4, 0.5) is 18.9 Å². The zero-order valence-electron chi connectivity index (χ0n) is 13.8. The number of para-hydroxylation sites is 1. The van der Waals surface area contributed by atoms with Gasteiger partial charge in [-0.3, -0.25) is 14.6 Å². The van der Waals surface area contributed by atoms with E-state index in [1.807, 2.05) is 0 Å². The molecule has 1 heterocycles. The van der Waals surface area contributed by atoms with Gasteiger partial charge in [0.15, 0.2) is 0 Å². The summed E-state index contributed by atoms with van der Waals surface area (Å²) in [6.07, 6.45) is -1.10. The van der Waals surface area contributed by atoms with Crippen LogP contribution in [-0.2, 0) is 11.0 Å². The predicted molar refractivity (Wildman–Crippen MR) is 92.3 cm³/mol. The van der Waals surface area contributed by atoms with Gasteiger partial charge in [-0.15, -0.1) is 0 Å². The standard InChI is InChI=1S/C16H13ClF3N5O2/c1-9(24-25-15(27)12-8-21-5-6-22-12)7-13(26)23-14-10(16(18,19)20)3-2-4-11(14)17/h2-6,8H,7H2,1H3,(H,23,26)(H,25,27)/b24-9-. The number of hydrogen-bond acceptors (Lipinski definition) is 5. The molecule has 7 nitrogen and oxygen atoms in total. The number of nitrogens with one attached hydrogen (secondary N) is 2. The van der Waals surface area contributed by atoms with Gasteiger partial charge in [-0.1, -0.05) is 17.7 Å². The molecule has 0 unspecified atom stereocenters. The number of hydrogen-bond donors (Lipinski definition) is 2. The smallest absolute Gasteiger partial charge is 0.324 e. The highest BCUT2D eigenvalue weighted by Gasteiger charge is 2.34. The first kappa shape index (κ1) is 20.3. The summed E-state index contributed by atoms with van der Waals surface area (Å²) in [5, 5.41) is 5.59. The second-order valence-corrected chi connectivity index (χ2v) is 5.67. The van der Waals surface area contributed by atoms with Crippen molar-refractivity contribution in [3.8, 4) is 0 Å². The molecule has 11 heteroatoms. The van der Waals surface area contributed by atoms with E-state index in [9.17, 15) is 22.8 Å². The van der Waals surface area contributed by atoms with Gasteiger partial charge < -0.3 is 5.32 Å². The molecule has 2 N–H and O–H groups in total. The Kier molecular flexibility index (Phi) is 6.45. The Labute approximate surface area is 156 Å². The number of carbonyl (C=O) groups excluding carboxylic acids is 2. The number of carbonyl (C=O) groups is 2. The number of hydrazone groups is 1. The molecule has 0 atom stereocenters. The van der Waals surface area contributed by atoms with Crippen molar-refractivity contribution in [3.63, 3.8) is 0 Å². The maximum atomic E-state index is 13.0. The molecule has 2 rings (SSSR count). The van der Waals surface area contributed by atoms with Gasteiger partial charge in [0.2, 0.25) is 5.91 Å². The lowest BCUT2D eigenvalue weighted by Crippen LogP contribution is -2.23. The van der Waals surface area contributed by atoms with Gasteiger partial charge in [-0.05, 0) is 19.1 Å².